The number of nitrogens with one attached hydrogen (secondary N) is 1. The van der Waals surface area contributed by atoms with Crippen LogP contribution >= 0.6 is 0 Å². The monoisotopic (exact) mass is 527 g/mol. The Bertz CT molecular complexity index is 1090. The van der Waals surface area contributed by atoms with Crippen LogP contribution in [-0.2, 0) is 23.1 Å². The lowest BCUT2D eigenvalue weighted by Gasteiger charge is -2.40. The number of primary amides is 1. The number of nitrogens with two attached hydrogens (primary N) is 1. The van der Waals surface area contributed by atoms with Gasteiger partial charge in [0.05, 0.1) is 6.61 Å². The van der Waals surface area contributed by atoms with Gasteiger partial charge in [0.2, 0.25) is 5.91 Å². The summed E-state index contributed by atoms with van der Waals surface area (Å²) in [6, 6.07) is 1.25. The van der Waals surface area contributed by atoms with Crippen LogP contribution in [-0.4, -0.2) is 62.6 Å². The van der Waals surface area contributed by atoms with Gasteiger partial charge in [-0.1, -0.05) is 41.5 Å². The third-order valence-corrected chi connectivity index (χ3v) is 17.2. The molecule has 4 unspecified atom stereocenters. The van der Waals surface area contributed by atoms with E-state index in [1.807, 2.05) is 0 Å². The average molecular weight is 528 g/mol. The van der Waals surface area contributed by atoms with Crippen molar-refractivity contribution in [2.24, 2.45) is 5.73 Å². The van der Waals surface area contributed by atoms with Crippen molar-refractivity contribution in [1.29, 1.82) is 0 Å². The second-order valence-corrected chi connectivity index (χ2v) is 22.2. The van der Waals surface area contributed by atoms with Crippen molar-refractivity contribution in [3.8, 4) is 0 Å². The summed E-state index contributed by atoms with van der Waals surface area (Å²) < 4.78 is 27.0. The smallest absolute Gasteiger partial charge is 0.330 e. The minimum absolute atomic E-state index is 0.0431. The molecule has 198 valence electrons. The first-order valence-corrected chi connectivity index (χ1v) is 17.8. The van der Waals surface area contributed by atoms with E-state index in [0.29, 0.717) is 0 Å². The molecule has 12 heteroatoms. The van der Waals surface area contributed by atoms with Gasteiger partial charge in [0.15, 0.2) is 34.6 Å². The van der Waals surface area contributed by atoms with Crippen molar-refractivity contribution in [3.05, 3.63) is 33.1 Å². The molecule has 10 nitrogen and oxygen atoms in total. The zero-order chi connectivity index (χ0) is 26.8. The maximum Gasteiger partial charge on any atom is 0.330 e. The van der Waals surface area contributed by atoms with Gasteiger partial charge in [-0.2, -0.15) is 0 Å². The van der Waals surface area contributed by atoms with E-state index in [1.54, 1.807) is 0 Å². The molecule has 1 aromatic rings. The largest absolute Gasteiger partial charge is 0.414 e. The lowest BCUT2D eigenvalue weighted by Crippen LogP contribution is -2.53. The summed E-state index contributed by atoms with van der Waals surface area (Å²) >= 11 is 0. The molecule has 2 aliphatic heterocycles. The van der Waals surface area contributed by atoms with Gasteiger partial charge in [0.1, 0.15) is 12.2 Å². The van der Waals surface area contributed by atoms with Gasteiger partial charge >= 0.3 is 5.69 Å². The van der Waals surface area contributed by atoms with Crippen molar-refractivity contribution < 1.29 is 23.1 Å². The van der Waals surface area contributed by atoms with E-state index < -0.39 is 63.9 Å². The second kappa shape index (κ2) is 8.77. The van der Waals surface area contributed by atoms with Crippen molar-refractivity contribution >= 4 is 22.5 Å². The van der Waals surface area contributed by atoms with Gasteiger partial charge in [0, 0.05) is 12.3 Å². The predicted octanol–water partition coefficient (Wildman–Crippen LogP) is 2.47. The fourth-order valence-corrected chi connectivity index (χ4v) is 6.11. The van der Waals surface area contributed by atoms with Crippen LogP contribution in [0.15, 0.2) is 21.9 Å². The Morgan fingerprint density at radius 2 is 1.69 bits per heavy atom. The molecule has 3 heterocycles. The number of carbonyl (C=O) groups is 1. The van der Waals surface area contributed by atoms with Gasteiger partial charge in [-0.25, -0.2) is 4.79 Å². The van der Waals surface area contributed by atoms with E-state index in [4.69, 9.17) is 24.1 Å². The molecule has 3 N–H and O–H groups in total. The first-order valence-electron chi connectivity index (χ1n) is 12.0. The zero-order valence-electron chi connectivity index (χ0n) is 22.6. The topological polar surface area (TPSA) is 138 Å². The Morgan fingerprint density at radius 3 is 2.14 bits per heavy atom. The highest BCUT2D eigenvalue weighted by Gasteiger charge is 2.76. The number of carbonyl (C=O) groups excluding carboxylic acids is 1. The zero-order valence-corrected chi connectivity index (χ0v) is 24.6. The van der Waals surface area contributed by atoms with E-state index in [9.17, 15) is 14.4 Å². The van der Waals surface area contributed by atoms with Gasteiger partial charge in [-0.05, 0) is 36.3 Å². The number of hydrogen-bond donors (Lipinski definition) is 2. The van der Waals surface area contributed by atoms with Crippen LogP contribution in [0.4, 0.5) is 0 Å². The molecule has 0 saturated carbocycles. The number of aromatic nitrogens is 2. The Hall–Kier alpha value is -1.58. The Kier molecular flexibility index (Phi) is 7.02. The number of nitrogens with zero attached hydrogens (tertiary/aromatic N) is 1. The normalized spacial score (nSPS) is 29.5. The molecule has 0 aromatic carbocycles. The summed E-state index contributed by atoms with van der Waals surface area (Å²) in [7, 11) is -4.61. The van der Waals surface area contributed by atoms with Crippen LogP contribution in [0, 0.1) is 0 Å². The molecule has 1 spiro atoms. The number of amides is 1. The molecule has 0 bridgehead atoms. The van der Waals surface area contributed by atoms with Crippen LogP contribution in [0.25, 0.3) is 0 Å². The number of ether oxygens (including phenoxy) is 2. The Balaban J connectivity index is 2.08. The van der Waals surface area contributed by atoms with Crippen molar-refractivity contribution in [2.75, 3.05) is 6.61 Å². The standard InChI is InChI=1S/C23H41N3O7Si2/c1-21(2,3)34(7,8)30-13-14-23(16(32-23)18(24)28)17(33-35(9,10)22(4,5)6)19(31-14)26-12-11-15(27)25-20(26)29/h11-12,14,16-17,19H,13H2,1-10H3,(H2,24,28)(H,25,27,29)/t14?,16?,17?,19?,23-/m1/s1. The third-order valence-electron chi connectivity index (χ3n) is 8.20. The van der Waals surface area contributed by atoms with Crippen LogP contribution in [0.1, 0.15) is 47.8 Å². The quantitative estimate of drug-likeness (QED) is 0.410. The average Bonchev–Trinajstić information content (AvgIpc) is 3.35. The van der Waals surface area contributed by atoms with Crippen LogP contribution in [0.5, 0.6) is 0 Å². The van der Waals surface area contributed by atoms with E-state index in [1.165, 1.54) is 16.8 Å². The summed E-state index contributed by atoms with van der Waals surface area (Å²) in [4.78, 5) is 39.1. The summed E-state index contributed by atoms with van der Waals surface area (Å²) in [5.74, 6) is -0.621. The lowest BCUT2D eigenvalue weighted by atomic mass is 9.93. The summed E-state index contributed by atoms with van der Waals surface area (Å²) in [6.45, 7) is 21.3. The molecule has 35 heavy (non-hydrogen) atoms. The minimum Gasteiger partial charge on any atom is -0.414 e. The highest BCUT2D eigenvalue weighted by Crippen LogP contribution is 2.56. The fourth-order valence-electron chi connectivity index (χ4n) is 3.82. The van der Waals surface area contributed by atoms with Crippen LogP contribution < -0.4 is 17.0 Å². The number of H-pyrrole nitrogens is 1. The summed E-state index contributed by atoms with van der Waals surface area (Å²) in [6.07, 6.45) is -2.01. The van der Waals surface area contributed by atoms with Gasteiger partial charge in [0.25, 0.3) is 5.56 Å². The van der Waals surface area contributed by atoms with Gasteiger partial charge < -0.3 is 24.1 Å². The molecule has 2 aliphatic rings. The maximum absolute atomic E-state index is 12.8. The molecular weight excluding hydrogens is 486 g/mol. The SMILES string of the molecule is CC(C)(C)[Si](C)(C)OCC1OC(n2ccc(=O)[nH]c2=O)C(O[Si](C)(C)C(C)(C)C)[C@@]12OC2C(N)=O. The molecule has 3 rings (SSSR count). The van der Waals surface area contributed by atoms with Crippen LogP contribution in [0.2, 0.25) is 36.3 Å². The number of rotatable bonds is 7. The van der Waals surface area contributed by atoms with E-state index in [0.717, 1.165) is 0 Å². The number of aromatic amines is 1. The van der Waals surface area contributed by atoms with Crippen molar-refractivity contribution in [1.82, 2.24) is 9.55 Å². The highest BCUT2D eigenvalue weighted by atomic mass is 28.4. The minimum atomic E-state index is -2.44. The molecule has 2 saturated heterocycles. The second-order valence-electron chi connectivity index (χ2n) is 12.7. The number of epoxide rings is 1. The predicted molar refractivity (Wildman–Crippen MR) is 137 cm³/mol. The van der Waals surface area contributed by atoms with Crippen LogP contribution in [0.3, 0.4) is 0 Å². The van der Waals surface area contributed by atoms with Crippen molar-refractivity contribution in [2.45, 2.75) is 108 Å². The molecule has 1 amide bonds. The molecule has 0 aliphatic carbocycles. The summed E-state index contributed by atoms with van der Waals surface area (Å²) in [5, 5.41) is -0.208. The fraction of sp³-hybridized carbons (Fsp3) is 0.783. The molecule has 5 atom stereocenters. The maximum atomic E-state index is 12.8. The van der Waals surface area contributed by atoms with Crippen molar-refractivity contribution in [3.63, 3.8) is 0 Å². The first-order chi connectivity index (χ1) is 15.7. The highest BCUT2D eigenvalue weighted by molar-refractivity contribution is 6.74. The Labute approximate surface area is 208 Å². The molecule has 2 fully saturated rings. The lowest BCUT2D eigenvalue weighted by molar-refractivity contribution is -0.119. The van der Waals surface area contributed by atoms with E-state index in [2.05, 4.69) is 72.7 Å². The summed E-state index contributed by atoms with van der Waals surface area (Å²) in [5.41, 5.74) is 3.36. The third kappa shape index (κ3) is 5.01. The Morgan fingerprint density at radius 1 is 1.11 bits per heavy atom. The molecule has 0 radical (unpaired) electrons. The van der Waals surface area contributed by atoms with E-state index >= 15 is 0 Å². The van der Waals surface area contributed by atoms with E-state index in [-0.39, 0.29) is 16.7 Å². The van der Waals surface area contributed by atoms with Gasteiger partial charge in [-0.15, -0.1) is 0 Å². The number of hydrogen-bond acceptors (Lipinski definition) is 7. The molecular formula is C23H41N3O7Si2. The van der Waals surface area contributed by atoms with Gasteiger partial charge in [-0.3, -0.25) is 19.1 Å². The first kappa shape index (κ1) is 28.0. The molecule has 1 aromatic heterocycles.